The van der Waals surface area contributed by atoms with Gasteiger partial charge in [-0.2, -0.15) is 0 Å². The van der Waals surface area contributed by atoms with Gasteiger partial charge in [0.1, 0.15) is 0 Å². The molecule has 2 aromatic rings. The molecule has 0 saturated heterocycles. The average molecular weight is 230 g/mol. The zero-order valence-electron chi connectivity index (χ0n) is 9.59. The van der Waals surface area contributed by atoms with Gasteiger partial charge in [0.2, 0.25) is 6.54 Å². The number of rotatable bonds is 4. The first-order chi connectivity index (χ1) is 8.18. The maximum atomic E-state index is 10.8. The van der Waals surface area contributed by atoms with Crippen molar-refractivity contribution < 1.29 is 4.92 Å². The molecule has 1 unspecified atom stereocenters. The molecule has 2 rings (SSSR count). The molecule has 0 amide bonds. The van der Waals surface area contributed by atoms with E-state index in [1.165, 1.54) is 0 Å². The summed E-state index contributed by atoms with van der Waals surface area (Å²) >= 11 is 0. The Morgan fingerprint density at radius 3 is 2.53 bits per heavy atom. The Morgan fingerprint density at radius 1 is 1.29 bits per heavy atom. The van der Waals surface area contributed by atoms with Gasteiger partial charge in [0, 0.05) is 16.8 Å². The Balaban J connectivity index is 2.39. The molecule has 0 aliphatic carbocycles. The lowest BCUT2D eigenvalue weighted by Crippen LogP contribution is -2.15. The van der Waals surface area contributed by atoms with Crippen LogP contribution >= 0.6 is 0 Å². The van der Waals surface area contributed by atoms with E-state index in [-0.39, 0.29) is 17.4 Å². The molecule has 17 heavy (non-hydrogen) atoms. The van der Waals surface area contributed by atoms with Gasteiger partial charge >= 0.3 is 0 Å². The third-order valence-electron chi connectivity index (χ3n) is 2.88. The minimum Gasteiger partial charge on any atom is -0.364 e. The molecule has 1 N–H and O–H groups in total. The lowest BCUT2D eigenvalue weighted by atomic mass is 9.94. The summed E-state index contributed by atoms with van der Waals surface area (Å²) in [6, 6.07) is 11.5. The topological polar surface area (TPSA) is 58.9 Å². The number of nitro groups is 1. The highest BCUT2D eigenvalue weighted by atomic mass is 16.6. The van der Waals surface area contributed by atoms with Crippen molar-refractivity contribution >= 4 is 0 Å². The molecule has 1 atom stereocenters. The van der Waals surface area contributed by atoms with E-state index in [2.05, 4.69) is 4.98 Å². The quantitative estimate of drug-likeness (QED) is 0.648. The molecule has 1 aromatic heterocycles. The third-order valence-corrected chi connectivity index (χ3v) is 2.88. The smallest absolute Gasteiger partial charge is 0.216 e. The van der Waals surface area contributed by atoms with Crippen molar-refractivity contribution in [3.63, 3.8) is 0 Å². The van der Waals surface area contributed by atoms with Crippen molar-refractivity contribution in [1.82, 2.24) is 4.98 Å². The van der Waals surface area contributed by atoms with Crippen molar-refractivity contribution in [3.05, 3.63) is 69.5 Å². The summed E-state index contributed by atoms with van der Waals surface area (Å²) in [5, 5.41) is 10.8. The van der Waals surface area contributed by atoms with E-state index in [1.54, 1.807) is 0 Å². The highest BCUT2D eigenvalue weighted by molar-refractivity contribution is 5.33. The summed E-state index contributed by atoms with van der Waals surface area (Å²) in [7, 11) is 0. The number of aromatic nitrogens is 1. The summed E-state index contributed by atoms with van der Waals surface area (Å²) in [6.45, 7) is 1.87. The van der Waals surface area contributed by atoms with Gasteiger partial charge in [0.05, 0.1) is 5.92 Å². The van der Waals surface area contributed by atoms with Crippen molar-refractivity contribution in [3.8, 4) is 0 Å². The lowest BCUT2D eigenvalue weighted by Gasteiger charge is -2.13. The van der Waals surface area contributed by atoms with E-state index < -0.39 is 0 Å². The van der Waals surface area contributed by atoms with Crippen LogP contribution in [0.5, 0.6) is 0 Å². The molecule has 0 bridgehead atoms. The fourth-order valence-corrected chi connectivity index (χ4v) is 2.03. The molecular weight excluding hydrogens is 216 g/mol. The first-order valence-corrected chi connectivity index (χ1v) is 5.49. The summed E-state index contributed by atoms with van der Waals surface area (Å²) in [5.74, 6) is -0.207. The van der Waals surface area contributed by atoms with Crippen LogP contribution in [0.4, 0.5) is 0 Å². The predicted octanol–water partition coefficient (Wildman–Crippen LogP) is 2.73. The van der Waals surface area contributed by atoms with Crippen LogP contribution in [0.15, 0.2) is 42.6 Å². The molecule has 0 aliphatic rings. The molecule has 0 fully saturated rings. The van der Waals surface area contributed by atoms with Gasteiger partial charge in [-0.1, -0.05) is 30.3 Å². The van der Waals surface area contributed by atoms with E-state index >= 15 is 0 Å². The third kappa shape index (κ3) is 2.53. The van der Waals surface area contributed by atoms with Crippen molar-refractivity contribution in [2.24, 2.45) is 0 Å². The second-order valence-corrected chi connectivity index (χ2v) is 4.05. The molecule has 4 heteroatoms. The Kier molecular flexibility index (Phi) is 3.23. The maximum Gasteiger partial charge on any atom is 0.216 e. The van der Waals surface area contributed by atoms with E-state index in [1.807, 2.05) is 49.5 Å². The molecule has 1 aromatic carbocycles. The Labute approximate surface area is 99.4 Å². The van der Waals surface area contributed by atoms with Gasteiger partial charge in [-0.25, -0.2) is 0 Å². The van der Waals surface area contributed by atoms with Crippen LogP contribution in [0.25, 0.3) is 0 Å². The molecule has 1 heterocycles. The van der Waals surface area contributed by atoms with Gasteiger partial charge < -0.3 is 4.98 Å². The second-order valence-electron chi connectivity index (χ2n) is 4.05. The van der Waals surface area contributed by atoms with Crippen LogP contribution in [0, 0.1) is 17.0 Å². The number of aromatic amines is 1. The zero-order valence-corrected chi connectivity index (χ0v) is 9.59. The second kappa shape index (κ2) is 4.82. The van der Waals surface area contributed by atoms with Crippen LogP contribution in [-0.2, 0) is 0 Å². The van der Waals surface area contributed by atoms with E-state index in [9.17, 15) is 10.1 Å². The van der Waals surface area contributed by atoms with Gasteiger partial charge in [-0.15, -0.1) is 0 Å². The summed E-state index contributed by atoms with van der Waals surface area (Å²) in [6.07, 6.45) is 1.82. The molecule has 0 aliphatic heterocycles. The van der Waals surface area contributed by atoms with Crippen LogP contribution in [-0.4, -0.2) is 16.5 Å². The first-order valence-electron chi connectivity index (χ1n) is 5.49. The Morgan fingerprint density at radius 2 is 2.00 bits per heavy atom. The molecule has 0 saturated carbocycles. The predicted molar refractivity (Wildman–Crippen MR) is 65.7 cm³/mol. The monoisotopic (exact) mass is 230 g/mol. The van der Waals surface area contributed by atoms with Gasteiger partial charge in [0.15, 0.2) is 0 Å². The summed E-state index contributed by atoms with van der Waals surface area (Å²) < 4.78 is 0. The number of aryl methyl sites for hydroxylation is 1. The minimum absolute atomic E-state index is 0.0919. The zero-order chi connectivity index (χ0) is 12.3. The molecule has 88 valence electrons. The van der Waals surface area contributed by atoms with E-state index in [0.29, 0.717) is 0 Å². The fourth-order valence-electron chi connectivity index (χ4n) is 2.03. The van der Waals surface area contributed by atoms with Gasteiger partial charge in [0.25, 0.3) is 0 Å². The highest BCUT2D eigenvalue weighted by Crippen LogP contribution is 2.25. The number of nitrogens with zero attached hydrogens (tertiary/aromatic N) is 1. The number of hydrogen-bond donors (Lipinski definition) is 1. The van der Waals surface area contributed by atoms with Gasteiger partial charge in [-0.3, -0.25) is 10.1 Å². The first kappa shape index (κ1) is 11.4. The Bertz CT molecular complexity index is 505. The van der Waals surface area contributed by atoms with Crippen LogP contribution < -0.4 is 0 Å². The molecule has 0 radical (unpaired) electrons. The molecular formula is C13H14N2O2. The van der Waals surface area contributed by atoms with Crippen LogP contribution in [0.1, 0.15) is 22.7 Å². The number of hydrogen-bond acceptors (Lipinski definition) is 2. The highest BCUT2D eigenvalue weighted by Gasteiger charge is 2.22. The number of nitrogens with one attached hydrogen (secondary N) is 1. The van der Waals surface area contributed by atoms with E-state index in [4.69, 9.17) is 0 Å². The standard InChI is InChI=1S/C13H14N2O2/c1-10-7-8-14-13(10)12(9-15(16)17)11-5-3-2-4-6-11/h2-8,12,14H,9H2,1H3. The minimum atomic E-state index is -0.266. The largest absolute Gasteiger partial charge is 0.364 e. The number of benzene rings is 1. The Hall–Kier alpha value is -2.10. The van der Waals surface area contributed by atoms with E-state index in [0.717, 1.165) is 16.8 Å². The average Bonchev–Trinajstić information content (AvgIpc) is 2.73. The molecule has 4 nitrogen and oxygen atoms in total. The fraction of sp³-hybridized carbons (Fsp3) is 0.231. The van der Waals surface area contributed by atoms with Crippen molar-refractivity contribution in [2.45, 2.75) is 12.8 Å². The summed E-state index contributed by atoms with van der Waals surface area (Å²) in [4.78, 5) is 13.6. The van der Waals surface area contributed by atoms with Crippen LogP contribution in [0.3, 0.4) is 0 Å². The van der Waals surface area contributed by atoms with Crippen molar-refractivity contribution in [2.75, 3.05) is 6.54 Å². The van der Waals surface area contributed by atoms with Crippen molar-refractivity contribution in [1.29, 1.82) is 0 Å². The SMILES string of the molecule is Cc1cc[nH]c1C(C[N+](=O)[O-])c1ccccc1. The molecule has 0 spiro atoms. The summed E-state index contributed by atoms with van der Waals surface area (Å²) in [5.41, 5.74) is 2.95. The normalized spacial score (nSPS) is 12.3. The lowest BCUT2D eigenvalue weighted by molar-refractivity contribution is -0.482. The van der Waals surface area contributed by atoms with Crippen LogP contribution in [0.2, 0.25) is 0 Å². The number of H-pyrrole nitrogens is 1. The maximum absolute atomic E-state index is 10.8. The van der Waals surface area contributed by atoms with Gasteiger partial charge in [-0.05, 0) is 24.1 Å².